The van der Waals surface area contributed by atoms with Crippen LogP contribution in [-0.4, -0.2) is 23.0 Å². The topological polar surface area (TPSA) is 105 Å². The van der Waals surface area contributed by atoms with Crippen LogP contribution in [-0.2, 0) is 57.2 Å². The molecule has 1 spiro atoms. The van der Waals surface area contributed by atoms with Crippen molar-refractivity contribution < 1.29 is 33.6 Å². The molecule has 0 bridgehead atoms. The second kappa shape index (κ2) is 3.23. The van der Waals surface area contributed by atoms with Gasteiger partial charge in [-0.3, -0.25) is 0 Å². The first kappa shape index (κ1) is 9.97. The van der Waals surface area contributed by atoms with Gasteiger partial charge in [-0.2, -0.15) is 16.7 Å². The van der Waals surface area contributed by atoms with E-state index >= 15 is 0 Å². The maximum atomic E-state index is 10.7. The summed E-state index contributed by atoms with van der Waals surface area (Å²) in [6.07, 6.45) is -2.43. The molecule has 0 saturated carbocycles. The van der Waals surface area contributed by atoms with Gasteiger partial charge < -0.3 is 0 Å². The van der Waals surface area contributed by atoms with Crippen LogP contribution in [0.2, 0.25) is 0 Å². The van der Waals surface area contributed by atoms with Crippen molar-refractivity contribution in [1.82, 2.24) is 0 Å². The van der Waals surface area contributed by atoms with Crippen molar-refractivity contribution in [3.63, 3.8) is 0 Å². The summed E-state index contributed by atoms with van der Waals surface area (Å²) in [5, 5.41) is 0. The first-order valence-corrected chi connectivity index (χ1v) is 7.82. The van der Waals surface area contributed by atoms with Crippen molar-refractivity contribution >= 4 is 40.4 Å². The van der Waals surface area contributed by atoms with Crippen LogP contribution in [0, 0.1) is 0 Å². The smallest absolute Gasteiger partial charge is 0.212 e. The Labute approximate surface area is 80.3 Å². The highest BCUT2D eigenvalue weighted by atomic mass is 33.2. The van der Waals surface area contributed by atoms with Gasteiger partial charge in [-0.25, -0.2) is 16.8 Å². The molecule has 13 heavy (non-hydrogen) atoms. The van der Waals surface area contributed by atoms with Crippen molar-refractivity contribution in [2.75, 3.05) is 0 Å². The minimum Gasteiger partial charge on any atom is -0.212 e. The molecule has 2 heterocycles. The van der Waals surface area contributed by atoms with Gasteiger partial charge in [0.15, 0.2) is 0 Å². The molecule has 2 aliphatic heterocycles. The molecular weight excluding hydrogens is 268 g/mol. The molecule has 4 atom stereocenters. The van der Waals surface area contributed by atoms with E-state index < -0.39 is 46.6 Å². The number of hydrogen-bond acceptors (Lipinski definition) is 8. The van der Waals surface area contributed by atoms with Crippen molar-refractivity contribution in [3.05, 3.63) is 0 Å². The van der Waals surface area contributed by atoms with E-state index in [9.17, 15) is 16.8 Å². The van der Waals surface area contributed by atoms with Gasteiger partial charge in [0, 0.05) is 0 Å². The van der Waals surface area contributed by atoms with Crippen LogP contribution in [0.15, 0.2) is 0 Å². The Morgan fingerprint density at radius 1 is 0.615 bits per heavy atom. The van der Waals surface area contributed by atoms with E-state index in [-0.39, 0.29) is 0 Å². The molecule has 0 radical (unpaired) electrons. The molecule has 2 fully saturated rings. The largest absolute Gasteiger partial charge is 0.467 e. The van der Waals surface area contributed by atoms with Gasteiger partial charge in [-0.05, 0) is 0 Å². The minimum absolute atomic E-state index is 2.30. The Morgan fingerprint density at radius 3 is 1.08 bits per heavy atom. The van der Waals surface area contributed by atoms with Gasteiger partial charge in [0.1, 0.15) is 0 Å². The van der Waals surface area contributed by atoms with E-state index in [1.165, 1.54) is 0 Å². The molecule has 0 aromatic heterocycles. The van der Waals surface area contributed by atoms with Gasteiger partial charge in [0.05, 0.1) is 0 Å². The van der Waals surface area contributed by atoms with Gasteiger partial charge in [-0.1, -0.05) is 0 Å². The highest BCUT2D eigenvalue weighted by Gasteiger charge is 2.59. The van der Waals surface area contributed by atoms with Gasteiger partial charge in [0.25, 0.3) is 40.4 Å². The maximum absolute atomic E-state index is 10.7. The van der Waals surface area contributed by atoms with E-state index in [0.717, 1.165) is 0 Å². The monoisotopic (exact) mass is 268 g/mol. The third kappa shape index (κ3) is 1.68. The molecule has 4 unspecified atom stereocenters. The van der Waals surface area contributed by atoms with Crippen LogP contribution in [0.3, 0.4) is 0 Å². The Morgan fingerprint density at radius 2 is 0.846 bits per heavy atom. The molecule has 0 N–H and O–H groups in total. The zero-order valence-corrected chi connectivity index (χ0v) is 8.66. The lowest BCUT2D eigenvalue weighted by Gasteiger charge is -2.08. The fraction of sp³-hybridized carbons (Fsp3) is 1.00. The molecule has 0 aliphatic carbocycles. The summed E-state index contributed by atoms with van der Waals surface area (Å²) < 4.78 is 59.7. The molecule has 2 rings (SSSR count). The SMILES string of the molecule is O=S1OC2(OS1=O)OS(=O)S(=O)O2. The third-order valence-corrected chi connectivity index (χ3v) is 4.86. The van der Waals surface area contributed by atoms with Crippen LogP contribution < -0.4 is 0 Å². The Bertz CT molecular complexity index is 275. The average molecular weight is 268 g/mol. The van der Waals surface area contributed by atoms with E-state index in [4.69, 9.17) is 0 Å². The second-order valence-electron chi connectivity index (χ2n) is 1.65. The zero-order chi connectivity index (χ0) is 9.64. The fourth-order valence-electron chi connectivity index (χ4n) is 0.528. The Kier molecular flexibility index (Phi) is 2.48. The summed E-state index contributed by atoms with van der Waals surface area (Å²) in [6, 6.07) is 0. The molecule has 2 aliphatic rings. The van der Waals surface area contributed by atoms with E-state index in [1.807, 2.05) is 0 Å². The van der Waals surface area contributed by atoms with Gasteiger partial charge >= 0.3 is 6.16 Å². The lowest BCUT2D eigenvalue weighted by Crippen LogP contribution is -2.30. The standard InChI is InChI=1S/CO8S4/c2-10-6-1(7-11(10)3)8-12(4)13(5)9-1. The molecule has 0 amide bonds. The molecular formula is CO8S4. The third-order valence-electron chi connectivity index (χ3n) is 0.903. The Balaban J connectivity index is 2.27. The summed E-state index contributed by atoms with van der Waals surface area (Å²) >= 11 is 0. The summed E-state index contributed by atoms with van der Waals surface area (Å²) in [6.45, 7) is 0. The zero-order valence-electron chi connectivity index (χ0n) is 5.40. The molecule has 0 aromatic rings. The fourth-order valence-corrected chi connectivity index (χ4v) is 3.75. The normalized spacial score (nSPS) is 56.0. The molecule has 76 valence electrons. The van der Waals surface area contributed by atoms with Crippen LogP contribution in [0.1, 0.15) is 0 Å². The summed E-state index contributed by atoms with van der Waals surface area (Å²) in [7, 11) is -9.18. The van der Waals surface area contributed by atoms with E-state index in [0.29, 0.717) is 0 Å². The summed E-state index contributed by atoms with van der Waals surface area (Å²) in [5.74, 6) is 0. The van der Waals surface area contributed by atoms with Crippen LogP contribution in [0.4, 0.5) is 0 Å². The number of hydrogen-bond donors (Lipinski definition) is 0. The average Bonchev–Trinajstić information content (AvgIpc) is 2.39. The van der Waals surface area contributed by atoms with Gasteiger partial charge in [0.2, 0.25) is 0 Å². The molecule has 8 nitrogen and oxygen atoms in total. The summed E-state index contributed by atoms with van der Waals surface area (Å²) in [4.78, 5) is 0. The Hall–Kier alpha value is 0.440. The minimum atomic E-state index is -2.43. The molecule has 12 heteroatoms. The first-order valence-electron chi connectivity index (χ1n) is 2.48. The quantitative estimate of drug-likeness (QED) is 0.473. The van der Waals surface area contributed by atoms with Crippen molar-refractivity contribution in [1.29, 1.82) is 0 Å². The van der Waals surface area contributed by atoms with Gasteiger partial charge in [-0.15, -0.1) is 0 Å². The molecule has 0 aromatic carbocycles. The van der Waals surface area contributed by atoms with Crippen molar-refractivity contribution in [2.45, 2.75) is 6.16 Å². The number of rotatable bonds is 0. The van der Waals surface area contributed by atoms with E-state index in [1.54, 1.807) is 0 Å². The van der Waals surface area contributed by atoms with Crippen LogP contribution in [0.5, 0.6) is 0 Å². The highest BCUT2D eigenvalue weighted by molar-refractivity contribution is 8.58. The van der Waals surface area contributed by atoms with Crippen molar-refractivity contribution in [2.24, 2.45) is 0 Å². The van der Waals surface area contributed by atoms with Crippen LogP contribution in [0.25, 0.3) is 0 Å². The maximum Gasteiger partial charge on any atom is 0.467 e. The lowest BCUT2D eigenvalue weighted by atomic mass is 11.2. The van der Waals surface area contributed by atoms with Crippen molar-refractivity contribution in [3.8, 4) is 0 Å². The lowest BCUT2D eigenvalue weighted by molar-refractivity contribution is -0.337. The predicted octanol–water partition coefficient (Wildman–Crippen LogP) is -1.82. The predicted molar refractivity (Wildman–Crippen MR) is 39.6 cm³/mol. The van der Waals surface area contributed by atoms with E-state index in [2.05, 4.69) is 16.7 Å². The highest BCUT2D eigenvalue weighted by Crippen LogP contribution is 2.36. The first-order chi connectivity index (χ1) is 6.02. The molecule has 2 saturated heterocycles. The summed E-state index contributed by atoms with van der Waals surface area (Å²) in [5.41, 5.74) is 0. The second-order valence-corrected chi connectivity index (χ2v) is 7.22. The van der Waals surface area contributed by atoms with Crippen LogP contribution >= 0.6 is 0 Å².